The van der Waals surface area contributed by atoms with E-state index in [0.717, 1.165) is 32.1 Å². The average molecular weight is 654 g/mol. The van der Waals surface area contributed by atoms with Gasteiger partial charge in [0.25, 0.3) is 11.6 Å². The molecule has 1 aromatic heterocycles. The maximum atomic E-state index is 13.7. The highest BCUT2D eigenvalue weighted by Gasteiger charge is 2.33. The van der Waals surface area contributed by atoms with Gasteiger partial charge in [0.15, 0.2) is 5.17 Å². The van der Waals surface area contributed by atoms with Crippen LogP contribution in [0.2, 0.25) is 0 Å². The second-order valence-corrected chi connectivity index (χ2v) is 11.7. The molecule has 6 rings (SSSR count). The summed E-state index contributed by atoms with van der Waals surface area (Å²) >= 11 is 4.89. The first-order valence-corrected chi connectivity index (χ1v) is 15.1. The van der Waals surface area contributed by atoms with Crippen LogP contribution in [0.1, 0.15) is 16.7 Å². The van der Waals surface area contributed by atoms with Gasteiger partial charge < -0.3 is 9.72 Å². The van der Waals surface area contributed by atoms with Gasteiger partial charge in [-0.3, -0.25) is 19.8 Å². The van der Waals surface area contributed by atoms with Crippen LogP contribution in [0.4, 0.5) is 11.4 Å². The summed E-state index contributed by atoms with van der Waals surface area (Å²) in [6, 6.07) is 29.7. The monoisotopic (exact) mass is 652 g/mol. The van der Waals surface area contributed by atoms with Crippen molar-refractivity contribution in [1.82, 2.24) is 9.88 Å². The third-order valence-electron chi connectivity index (χ3n) is 6.94. The Morgan fingerprint density at radius 2 is 1.77 bits per heavy atom. The predicted molar refractivity (Wildman–Crippen MR) is 174 cm³/mol. The fraction of sp³-hybridized carbons (Fsp3) is 0.0909. The standard InChI is InChI=1S/C33H25BrN4O4S/c34-28-18-23(10-15-30(28)42-21-22-6-2-1-3-7-22)19-31-32(39)37(17-16-24-20-35-29-9-5-4-8-27(24)29)33(43-31)36-25-11-13-26(14-12-25)38(40)41/h1-15,18-20,35H,16-17,21H2/b31-19-,36-33?. The number of fused-ring (bicyclic) bond motifs is 1. The van der Waals surface area contributed by atoms with Gasteiger partial charge >= 0.3 is 0 Å². The van der Waals surface area contributed by atoms with E-state index in [-0.39, 0.29) is 11.6 Å². The van der Waals surface area contributed by atoms with E-state index < -0.39 is 4.92 Å². The number of nitro benzene ring substituents is 1. The van der Waals surface area contributed by atoms with Crippen LogP contribution in [-0.4, -0.2) is 32.4 Å². The second-order valence-electron chi connectivity index (χ2n) is 9.81. The van der Waals surface area contributed by atoms with Gasteiger partial charge in [-0.1, -0.05) is 54.6 Å². The number of nitro groups is 1. The first-order chi connectivity index (χ1) is 20.9. The number of non-ortho nitro benzene ring substituents is 1. The molecule has 0 radical (unpaired) electrons. The van der Waals surface area contributed by atoms with E-state index in [1.807, 2.05) is 79.0 Å². The number of amides is 1. The minimum atomic E-state index is -0.449. The van der Waals surface area contributed by atoms with Gasteiger partial charge in [-0.15, -0.1) is 0 Å². The highest BCUT2D eigenvalue weighted by molar-refractivity contribution is 9.10. The molecule has 1 amide bonds. The maximum absolute atomic E-state index is 13.7. The molecule has 0 atom stereocenters. The number of thioether (sulfide) groups is 1. The summed E-state index contributed by atoms with van der Waals surface area (Å²) in [6.45, 7) is 0.870. The van der Waals surface area contributed by atoms with E-state index in [1.165, 1.54) is 23.9 Å². The fourth-order valence-electron chi connectivity index (χ4n) is 4.73. The van der Waals surface area contributed by atoms with Crippen molar-refractivity contribution >= 4 is 67.1 Å². The molecule has 0 saturated carbocycles. The number of amidine groups is 1. The van der Waals surface area contributed by atoms with E-state index in [9.17, 15) is 14.9 Å². The Hall–Kier alpha value is -4.67. The number of nitrogens with zero attached hydrogens (tertiary/aromatic N) is 3. The van der Waals surface area contributed by atoms with Crippen molar-refractivity contribution in [2.75, 3.05) is 6.54 Å². The number of H-pyrrole nitrogens is 1. The molecule has 1 saturated heterocycles. The lowest BCUT2D eigenvalue weighted by atomic mass is 10.1. The number of halogens is 1. The number of para-hydroxylation sites is 1. The molecule has 1 aliphatic rings. The van der Waals surface area contributed by atoms with Crippen LogP contribution < -0.4 is 4.74 Å². The molecule has 43 heavy (non-hydrogen) atoms. The zero-order valence-electron chi connectivity index (χ0n) is 22.8. The molecule has 1 N–H and O–H groups in total. The molecule has 5 aromatic rings. The molecule has 8 nitrogen and oxygen atoms in total. The number of aliphatic imine (C=N–C) groups is 1. The quantitative estimate of drug-likeness (QED) is 0.0981. The number of benzene rings is 4. The number of aromatic nitrogens is 1. The van der Waals surface area contributed by atoms with Gasteiger partial charge in [-0.25, -0.2) is 4.99 Å². The molecule has 0 spiro atoms. The number of nitrogens with one attached hydrogen (secondary N) is 1. The number of rotatable bonds is 9. The number of hydrogen-bond acceptors (Lipinski definition) is 6. The molecule has 1 fully saturated rings. The van der Waals surface area contributed by atoms with E-state index in [2.05, 4.69) is 27.0 Å². The number of hydrogen-bond donors (Lipinski definition) is 1. The highest BCUT2D eigenvalue weighted by Crippen LogP contribution is 2.36. The zero-order chi connectivity index (χ0) is 29.8. The first kappa shape index (κ1) is 28.4. The van der Waals surface area contributed by atoms with Gasteiger partial charge in [-0.05, 0) is 87.2 Å². The molecule has 4 aromatic carbocycles. The van der Waals surface area contributed by atoms with Crippen molar-refractivity contribution in [1.29, 1.82) is 0 Å². The van der Waals surface area contributed by atoms with Crippen molar-refractivity contribution in [2.24, 2.45) is 4.99 Å². The summed E-state index contributed by atoms with van der Waals surface area (Å²) in [5.41, 5.74) is 4.57. The van der Waals surface area contributed by atoms with Crippen molar-refractivity contribution in [3.63, 3.8) is 0 Å². The molecule has 0 aliphatic carbocycles. The van der Waals surface area contributed by atoms with E-state index >= 15 is 0 Å². The van der Waals surface area contributed by atoms with Gasteiger partial charge in [0.05, 0.1) is 20.0 Å². The molecular formula is C33H25BrN4O4S. The Morgan fingerprint density at radius 1 is 1.00 bits per heavy atom. The molecule has 0 bridgehead atoms. The molecule has 10 heteroatoms. The Kier molecular flexibility index (Phi) is 8.39. The smallest absolute Gasteiger partial charge is 0.269 e. The lowest BCUT2D eigenvalue weighted by Crippen LogP contribution is -2.31. The van der Waals surface area contributed by atoms with Gasteiger partial charge in [0.2, 0.25) is 0 Å². The minimum Gasteiger partial charge on any atom is -0.488 e. The van der Waals surface area contributed by atoms with Crippen LogP contribution in [0, 0.1) is 10.1 Å². The maximum Gasteiger partial charge on any atom is 0.269 e. The van der Waals surface area contributed by atoms with Crippen LogP contribution in [0.25, 0.3) is 17.0 Å². The summed E-state index contributed by atoms with van der Waals surface area (Å²) in [4.78, 5) is 34.6. The topological polar surface area (TPSA) is 101 Å². The summed E-state index contributed by atoms with van der Waals surface area (Å²) in [7, 11) is 0. The Balaban J connectivity index is 1.25. The number of carbonyl (C=O) groups excluding carboxylic acids is 1. The second kappa shape index (κ2) is 12.7. The lowest BCUT2D eigenvalue weighted by Gasteiger charge is -2.15. The number of carbonyl (C=O) groups is 1. The Morgan fingerprint density at radius 3 is 2.53 bits per heavy atom. The molecule has 0 unspecified atom stereocenters. The van der Waals surface area contributed by atoms with Crippen LogP contribution >= 0.6 is 27.7 Å². The minimum absolute atomic E-state index is 0.0161. The van der Waals surface area contributed by atoms with Crippen molar-refractivity contribution in [3.8, 4) is 5.75 Å². The SMILES string of the molecule is O=C1/C(=C/c2ccc(OCc3ccccc3)c(Br)c2)SC(=Nc2ccc([N+](=O)[O-])cc2)N1CCc1c[nH]c2ccccc12. The Bertz CT molecular complexity index is 1870. The lowest BCUT2D eigenvalue weighted by molar-refractivity contribution is -0.384. The highest BCUT2D eigenvalue weighted by atomic mass is 79.9. The third kappa shape index (κ3) is 6.55. The van der Waals surface area contributed by atoms with E-state index in [1.54, 1.807) is 17.0 Å². The van der Waals surface area contributed by atoms with Crippen molar-refractivity contribution in [3.05, 3.63) is 139 Å². The molecule has 2 heterocycles. The first-order valence-electron chi connectivity index (χ1n) is 13.5. The Labute approximate surface area is 260 Å². The normalized spacial score (nSPS) is 15.1. The van der Waals surface area contributed by atoms with Gasteiger partial charge in [-0.2, -0.15) is 0 Å². The largest absolute Gasteiger partial charge is 0.488 e. The molecular weight excluding hydrogens is 628 g/mol. The summed E-state index contributed by atoms with van der Waals surface area (Å²) < 4.78 is 6.76. The summed E-state index contributed by atoms with van der Waals surface area (Å²) in [5, 5.41) is 12.7. The fourth-order valence-corrected chi connectivity index (χ4v) is 6.26. The summed E-state index contributed by atoms with van der Waals surface area (Å²) in [6.07, 6.45) is 4.44. The molecule has 1 aliphatic heterocycles. The molecule has 214 valence electrons. The van der Waals surface area contributed by atoms with Crippen LogP contribution in [-0.2, 0) is 17.8 Å². The van der Waals surface area contributed by atoms with Crippen LogP contribution in [0.15, 0.2) is 118 Å². The van der Waals surface area contributed by atoms with Crippen LogP contribution in [0.5, 0.6) is 5.75 Å². The zero-order valence-corrected chi connectivity index (χ0v) is 25.2. The average Bonchev–Trinajstić information content (AvgIpc) is 3.56. The van der Waals surface area contributed by atoms with Crippen molar-refractivity contribution < 1.29 is 14.5 Å². The van der Waals surface area contributed by atoms with Gasteiger partial charge in [0.1, 0.15) is 12.4 Å². The van der Waals surface area contributed by atoms with Gasteiger partial charge in [0, 0.05) is 35.8 Å². The van der Waals surface area contributed by atoms with Crippen LogP contribution in [0.3, 0.4) is 0 Å². The van der Waals surface area contributed by atoms with Crippen molar-refractivity contribution in [2.45, 2.75) is 13.0 Å². The number of aromatic amines is 1. The number of ether oxygens (including phenoxy) is 1. The summed E-state index contributed by atoms with van der Waals surface area (Å²) in [5.74, 6) is 0.559. The third-order valence-corrected chi connectivity index (χ3v) is 8.57. The predicted octanol–water partition coefficient (Wildman–Crippen LogP) is 8.26. The van der Waals surface area contributed by atoms with E-state index in [0.29, 0.717) is 41.1 Å². The van der Waals surface area contributed by atoms with E-state index in [4.69, 9.17) is 9.73 Å².